The number of amides is 1. The molecule has 0 unspecified atom stereocenters. The third-order valence-electron chi connectivity index (χ3n) is 6.07. The van der Waals surface area contributed by atoms with Crippen molar-refractivity contribution in [3.05, 3.63) is 59.3 Å². The van der Waals surface area contributed by atoms with Crippen LogP contribution in [0.2, 0.25) is 0 Å². The zero-order valence-corrected chi connectivity index (χ0v) is 16.7. The first-order chi connectivity index (χ1) is 13.7. The number of carbonyl (C=O) groups is 1. The molecule has 2 aliphatic heterocycles. The van der Waals surface area contributed by atoms with Crippen LogP contribution in [0.4, 0.5) is 5.82 Å². The van der Waals surface area contributed by atoms with E-state index in [0.717, 1.165) is 63.4 Å². The molecule has 1 atom stereocenters. The summed E-state index contributed by atoms with van der Waals surface area (Å²) < 4.78 is 0. The summed E-state index contributed by atoms with van der Waals surface area (Å²) in [4.78, 5) is 22.1. The molecule has 2 aliphatic rings. The molecule has 5 nitrogen and oxygen atoms in total. The molecule has 2 aromatic rings. The van der Waals surface area contributed by atoms with Gasteiger partial charge in [-0.1, -0.05) is 37.3 Å². The zero-order chi connectivity index (χ0) is 19.3. The summed E-state index contributed by atoms with van der Waals surface area (Å²) in [6.07, 6.45) is 4.98. The number of hydrogen-bond acceptors (Lipinski definition) is 4. The van der Waals surface area contributed by atoms with Crippen molar-refractivity contribution < 1.29 is 4.79 Å². The van der Waals surface area contributed by atoms with Crippen LogP contribution in [0.3, 0.4) is 0 Å². The van der Waals surface area contributed by atoms with Crippen LogP contribution in [-0.2, 0) is 24.3 Å². The summed E-state index contributed by atoms with van der Waals surface area (Å²) in [6, 6.07) is 12.7. The molecule has 1 N–H and O–H groups in total. The minimum Gasteiger partial charge on any atom is -0.352 e. The van der Waals surface area contributed by atoms with Gasteiger partial charge in [-0.2, -0.15) is 0 Å². The fraction of sp³-hybridized carbons (Fsp3) is 0.478. The quantitative estimate of drug-likeness (QED) is 0.869. The molecule has 1 aromatic heterocycles. The van der Waals surface area contributed by atoms with E-state index in [-0.39, 0.29) is 11.8 Å². The molecule has 1 amide bonds. The number of fused-ring (bicyclic) bond motifs is 1. The highest BCUT2D eigenvalue weighted by atomic mass is 16.1. The fourth-order valence-electron chi connectivity index (χ4n) is 4.41. The van der Waals surface area contributed by atoms with Crippen LogP contribution in [0.15, 0.2) is 42.6 Å². The number of likely N-dealkylation sites (tertiary alicyclic amines) is 1. The molecular weight excluding hydrogens is 348 g/mol. The van der Waals surface area contributed by atoms with E-state index in [0.29, 0.717) is 6.54 Å². The molecule has 3 heterocycles. The lowest BCUT2D eigenvalue weighted by Gasteiger charge is -2.32. The number of nitrogens with zero attached hydrogens (tertiary/aromatic N) is 3. The Morgan fingerprint density at radius 1 is 1.18 bits per heavy atom. The van der Waals surface area contributed by atoms with Crippen molar-refractivity contribution in [1.29, 1.82) is 0 Å². The maximum Gasteiger partial charge on any atom is 0.224 e. The van der Waals surface area contributed by atoms with E-state index in [4.69, 9.17) is 0 Å². The first-order valence-electron chi connectivity index (χ1n) is 10.5. The van der Waals surface area contributed by atoms with Crippen LogP contribution in [0.1, 0.15) is 36.5 Å². The summed E-state index contributed by atoms with van der Waals surface area (Å²) in [5.74, 6) is 1.28. The second-order valence-electron chi connectivity index (χ2n) is 7.88. The Kier molecular flexibility index (Phi) is 5.91. The van der Waals surface area contributed by atoms with Crippen LogP contribution >= 0.6 is 0 Å². The minimum atomic E-state index is 0.107. The SMILES string of the molecule is CCN1CCC[C@H](C(=O)NCc2cccnc2N2CCc3ccccc3C2)C1. The van der Waals surface area contributed by atoms with Crippen LogP contribution in [0.25, 0.3) is 0 Å². The maximum absolute atomic E-state index is 12.7. The molecule has 28 heavy (non-hydrogen) atoms. The van der Waals surface area contributed by atoms with Gasteiger partial charge >= 0.3 is 0 Å². The van der Waals surface area contributed by atoms with Crippen LogP contribution < -0.4 is 10.2 Å². The number of aromatic nitrogens is 1. The summed E-state index contributed by atoms with van der Waals surface area (Å²) in [5, 5.41) is 3.18. The van der Waals surface area contributed by atoms with E-state index in [9.17, 15) is 4.79 Å². The van der Waals surface area contributed by atoms with Gasteiger partial charge in [-0.05, 0) is 49.5 Å². The molecule has 1 aromatic carbocycles. The molecule has 1 saturated heterocycles. The van der Waals surface area contributed by atoms with Gasteiger partial charge < -0.3 is 15.1 Å². The van der Waals surface area contributed by atoms with E-state index < -0.39 is 0 Å². The first-order valence-corrected chi connectivity index (χ1v) is 10.5. The molecule has 0 bridgehead atoms. The van der Waals surface area contributed by atoms with Gasteiger partial charge in [0.05, 0.1) is 5.92 Å². The molecule has 0 saturated carbocycles. The molecule has 5 heteroatoms. The van der Waals surface area contributed by atoms with Crippen molar-refractivity contribution in [3.8, 4) is 0 Å². The Labute approximate surface area is 167 Å². The number of pyridine rings is 1. The molecule has 148 valence electrons. The van der Waals surface area contributed by atoms with Crippen molar-refractivity contribution in [1.82, 2.24) is 15.2 Å². The van der Waals surface area contributed by atoms with E-state index in [1.807, 2.05) is 12.3 Å². The average Bonchev–Trinajstić information content (AvgIpc) is 2.77. The predicted octanol–water partition coefficient (Wildman–Crippen LogP) is 2.99. The van der Waals surface area contributed by atoms with Crippen molar-refractivity contribution in [3.63, 3.8) is 0 Å². The molecule has 1 fully saturated rings. The highest BCUT2D eigenvalue weighted by molar-refractivity contribution is 5.79. The van der Waals surface area contributed by atoms with Gasteiger partial charge in [-0.3, -0.25) is 4.79 Å². The fourth-order valence-corrected chi connectivity index (χ4v) is 4.41. The summed E-state index contributed by atoms with van der Waals surface area (Å²) in [5.41, 5.74) is 3.90. The van der Waals surface area contributed by atoms with E-state index in [2.05, 4.69) is 57.4 Å². The second kappa shape index (κ2) is 8.74. The molecular formula is C23H30N4O. The van der Waals surface area contributed by atoms with Crippen molar-refractivity contribution in [2.75, 3.05) is 31.1 Å². The van der Waals surface area contributed by atoms with E-state index in [1.165, 1.54) is 11.1 Å². The van der Waals surface area contributed by atoms with Gasteiger partial charge in [0.1, 0.15) is 5.82 Å². The number of rotatable bonds is 5. The van der Waals surface area contributed by atoms with Gasteiger partial charge in [0.15, 0.2) is 0 Å². The average molecular weight is 379 g/mol. The normalized spacial score (nSPS) is 19.9. The number of nitrogens with one attached hydrogen (secondary N) is 1. The van der Waals surface area contributed by atoms with Crippen LogP contribution in [0.5, 0.6) is 0 Å². The van der Waals surface area contributed by atoms with Gasteiger partial charge in [-0.25, -0.2) is 4.98 Å². The number of anilines is 1. The number of hydrogen-bond donors (Lipinski definition) is 1. The first kappa shape index (κ1) is 18.9. The Balaban J connectivity index is 1.42. The Bertz CT molecular complexity index is 822. The van der Waals surface area contributed by atoms with E-state index in [1.54, 1.807) is 0 Å². The lowest BCUT2D eigenvalue weighted by Crippen LogP contribution is -2.42. The predicted molar refractivity (Wildman–Crippen MR) is 112 cm³/mol. The lowest BCUT2D eigenvalue weighted by molar-refractivity contribution is -0.126. The highest BCUT2D eigenvalue weighted by Gasteiger charge is 2.25. The minimum absolute atomic E-state index is 0.107. The maximum atomic E-state index is 12.7. The molecule has 0 spiro atoms. The Morgan fingerprint density at radius 2 is 2.04 bits per heavy atom. The van der Waals surface area contributed by atoms with Crippen LogP contribution in [0, 0.1) is 5.92 Å². The third-order valence-corrected chi connectivity index (χ3v) is 6.07. The van der Waals surface area contributed by atoms with Crippen molar-refractivity contribution in [2.24, 2.45) is 5.92 Å². The zero-order valence-electron chi connectivity index (χ0n) is 16.7. The Morgan fingerprint density at radius 3 is 2.89 bits per heavy atom. The van der Waals surface area contributed by atoms with Crippen molar-refractivity contribution >= 4 is 11.7 Å². The second-order valence-corrected chi connectivity index (χ2v) is 7.88. The Hall–Kier alpha value is -2.40. The van der Waals surface area contributed by atoms with Crippen molar-refractivity contribution in [2.45, 2.75) is 39.3 Å². The molecule has 0 radical (unpaired) electrons. The largest absolute Gasteiger partial charge is 0.352 e. The monoisotopic (exact) mass is 378 g/mol. The number of piperidine rings is 1. The van der Waals surface area contributed by atoms with Gasteiger partial charge in [-0.15, -0.1) is 0 Å². The number of benzene rings is 1. The lowest BCUT2D eigenvalue weighted by atomic mass is 9.97. The highest BCUT2D eigenvalue weighted by Crippen LogP contribution is 2.25. The standard InChI is InChI=1S/C23H30N4O/c1-2-26-13-6-10-21(16-26)23(28)25-15-19-9-5-12-24-22(19)27-14-11-18-7-3-4-8-20(18)17-27/h3-5,7-9,12,21H,2,6,10-11,13-17H2,1H3,(H,25,28)/t21-/m0/s1. The van der Waals surface area contributed by atoms with E-state index >= 15 is 0 Å². The number of carbonyl (C=O) groups excluding carboxylic acids is 1. The summed E-state index contributed by atoms with van der Waals surface area (Å²) in [6.45, 7) is 7.56. The van der Waals surface area contributed by atoms with Gasteiger partial charge in [0.2, 0.25) is 5.91 Å². The third kappa shape index (κ3) is 4.20. The smallest absolute Gasteiger partial charge is 0.224 e. The van der Waals surface area contributed by atoms with Crippen LogP contribution in [-0.4, -0.2) is 42.0 Å². The summed E-state index contributed by atoms with van der Waals surface area (Å²) >= 11 is 0. The summed E-state index contributed by atoms with van der Waals surface area (Å²) in [7, 11) is 0. The molecule has 4 rings (SSSR count). The van der Waals surface area contributed by atoms with Gasteiger partial charge in [0, 0.05) is 37.9 Å². The topological polar surface area (TPSA) is 48.5 Å². The molecule has 0 aliphatic carbocycles. The van der Waals surface area contributed by atoms with Gasteiger partial charge in [0.25, 0.3) is 0 Å².